The topological polar surface area (TPSA) is 61.4 Å². The Labute approximate surface area is 123 Å². The number of aliphatic hydroxyl groups is 1. The van der Waals surface area contributed by atoms with Crippen molar-refractivity contribution in [3.8, 4) is 0 Å². The van der Waals surface area contributed by atoms with Crippen molar-refractivity contribution in [2.45, 2.75) is 26.4 Å². The fourth-order valence-corrected chi connectivity index (χ4v) is 1.95. The van der Waals surface area contributed by atoms with Gasteiger partial charge in [0.05, 0.1) is 21.8 Å². The summed E-state index contributed by atoms with van der Waals surface area (Å²) < 4.78 is 0. The molecule has 0 radical (unpaired) electrons. The van der Waals surface area contributed by atoms with E-state index in [4.69, 9.17) is 23.2 Å². The van der Waals surface area contributed by atoms with Crippen LogP contribution in [0.2, 0.25) is 10.0 Å². The number of amides is 2. The smallest absolute Gasteiger partial charge is 0.319 e. The fraction of sp³-hybridized carbons (Fsp3) is 0.462. The number of hydrogen-bond acceptors (Lipinski definition) is 2. The zero-order valence-electron chi connectivity index (χ0n) is 10.9. The van der Waals surface area contributed by atoms with E-state index in [1.165, 1.54) is 0 Å². The highest BCUT2D eigenvalue weighted by molar-refractivity contribution is 6.43. The Morgan fingerprint density at radius 2 is 2.05 bits per heavy atom. The maximum absolute atomic E-state index is 11.6. The Hall–Kier alpha value is -0.970. The number of aliphatic hydroxyl groups excluding tert-OH is 1. The van der Waals surface area contributed by atoms with Gasteiger partial charge in [0.25, 0.3) is 0 Å². The van der Waals surface area contributed by atoms with Gasteiger partial charge in [-0.3, -0.25) is 0 Å². The second-order valence-corrected chi connectivity index (χ2v) is 5.50. The van der Waals surface area contributed by atoms with Gasteiger partial charge in [0.1, 0.15) is 0 Å². The molecule has 0 aliphatic carbocycles. The zero-order valence-corrected chi connectivity index (χ0v) is 12.4. The predicted molar refractivity (Wildman–Crippen MR) is 78.9 cm³/mol. The van der Waals surface area contributed by atoms with Gasteiger partial charge in [-0.15, -0.1) is 0 Å². The predicted octanol–water partition coefficient (Wildman–Crippen LogP) is 3.52. The van der Waals surface area contributed by atoms with Crippen LogP contribution in [0.1, 0.15) is 20.3 Å². The average molecular weight is 305 g/mol. The number of carbonyl (C=O) groups is 1. The molecule has 0 heterocycles. The Kier molecular flexibility index (Phi) is 6.42. The molecule has 4 nitrogen and oxygen atoms in total. The lowest BCUT2D eigenvalue weighted by Crippen LogP contribution is -2.35. The van der Waals surface area contributed by atoms with E-state index in [1.807, 2.05) is 13.8 Å². The van der Waals surface area contributed by atoms with Crippen molar-refractivity contribution in [1.29, 1.82) is 0 Å². The molecule has 0 saturated heterocycles. The number of nitrogens with one attached hydrogen (secondary N) is 2. The number of halogens is 2. The summed E-state index contributed by atoms with van der Waals surface area (Å²) in [5, 5.41) is 15.5. The lowest BCUT2D eigenvalue weighted by molar-refractivity contribution is 0.148. The normalized spacial score (nSPS) is 12.3. The van der Waals surface area contributed by atoms with Gasteiger partial charge >= 0.3 is 6.03 Å². The third-order valence-electron chi connectivity index (χ3n) is 2.44. The summed E-state index contributed by atoms with van der Waals surface area (Å²) in [6, 6.07) is 4.56. The van der Waals surface area contributed by atoms with Crippen LogP contribution >= 0.6 is 23.2 Å². The minimum atomic E-state index is -0.555. The summed E-state index contributed by atoms with van der Waals surface area (Å²) in [5.74, 6) is 0.377. The second kappa shape index (κ2) is 7.58. The lowest BCUT2D eigenvalue weighted by Gasteiger charge is -2.14. The number of hydrogen-bond donors (Lipinski definition) is 3. The first kappa shape index (κ1) is 16.1. The maximum Gasteiger partial charge on any atom is 0.319 e. The second-order valence-electron chi connectivity index (χ2n) is 4.72. The SMILES string of the molecule is CC(C)CC(O)CNC(=O)Nc1cccc(Cl)c1Cl. The Morgan fingerprint density at radius 1 is 1.37 bits per heavy atom. The highest BCUT2D eigenvalue weighted by Gasteiger charge is 2.11. The van der Waals surface area contributed by atoms with E-state index in [2.05, 4.69) is 10.6 Å². The molecule has 0 aliphatic rings. The molecule has 1 atom stereocenters. The van der Waals surface area contributed by atoms with Crippen molar-refractivity contribution in [3.63, 3.8) is 0 Å². The first-order valence-electron chi connectivity index (χ1n) is 6.07. The maximum atomic E-state index is 11.6. The summed E-state index contributed by atoms with van der Waals surface area (Å²) >= 11 is 11.8. The van der Waals surface area contributed by atoms with Gasteiger partial charge in [-0.25, -0.2) is 4.79 Å². The van der Waals surface area contributed by atoms with Gasteiger partial charge in [-0.2, -0.15) is 0 Å². The van der Waals surface area contributed by atoms with Crippen molar-refractivity contribution in [2.75, 3.05) is 11.9 Å². The first-order valence-corrected chi connectivity index (χ1v) is 6.82. The quantitative estimate of drug-likeness (QED) is 0.779. The van der Waals surface area contributed by atoms with Gasteiger partial charge in [0.15, 0.2) is 0 Å². The summed E-state index contributed by atoms with van der Waals surface area (Å²) in [6.45, 7) is 4.21. The molecule has 106 valence electrons. The number of benzene rings is 1. The van der Waals surface area contributed by atoms with Crippen LogP contribution in [0.4, 0.5) is 10.5 Å². The first-order chi connectivity index (χ1) is 8.90. The van der Waals surface area contributed by atoms with Crippen LogP contribution in [0.25, 0.3) is 0 Å². The largest absolute Gasteiger partial charge is 0.391 e. The van der Waals surface area contributed by atoms with E-state index in [1.54, 1.807) is 18.2 Å². The number of anilines is 1. The van der Waals surface area contributed by atoms with Crippen LogP contribution in [0.5, 0.6) is 0 Å². The zero-order chi connectivity index (χ0) is 14.4. The van der Waals surface area contributed by atoms with Crippen molar-refractivity contribution in [1.82, 2.24) is 5.32 Å². The monoisotopic (exact) mass is 304 g/mol. The minimum absolute atomic E-state index is 0.197. The Bertz CT molecular complexity index is 439. The lowest BCUT2D eigenvalue weighted by atomic mass is 10.1. The third-order valence-corrected chi connectivity index (χ3v) is 3.26. The molecule has 1 rings (SSSR count). The third kappa shape index (κ3) is 5.68. The van der Waals surface area contributed by atoms with Crippen LogP contribution in [0.3, 0.4) is 0 Å². The molecule has 2 amide bonds. The van der Waals surface area contributed by atoms with Crippen LogP contribution < -0.4 is 10.6 Å². The molecule has 0 aliphatic heterocycles. The van der Waals surface area contributed by atoms with Crippen molar-refractivity contribution in [2.24, 2.45) is 5.92 Å². The van der Waals surface area contributed by atoms with Gasteiger partial charge in [0.2, 0.25) is 0 Å². The molecular weight excluding hydrogens is 287 g/mol. The minimum Gasteiger partial charge on any atom is -0.391 e. The van der Waals surface area contributed by atoms with E-state index in [9.17, 15) is 9.90 Å². The average Bonchev–Trinajstić information content (AvgIpc) is 2.32. The van der Waals surface area contributed by atoms with Crippen molar-refractivity contribution < 1.29 is 9.90 Å². The molecule has 6 heteroatoms. The van der Waals surface area contributed by atoms with Gasteiger partial charge in [-0.05, 0) is 24.5 Å². The Balaban J connectivity index is 2.45. The van der Waals surface area contributed by atoms with Crippen molar-refractivity contribution in [3.05, 3.63) is 28.2 Å². The number of rotatable bonds is 5. The molecule has 19 heavy (non-hydrogen) atoms. The van der Waals surface area contributed by atoms with Crippen LogP contribution in [-0.2, 0) is 0 Å². The van der Waals surface area contributed by atoms with E-state index >= 15 is 0 Å². The highest BCUT2D eigenvalue weighted by atomic mass is 35.5. The van der Waals surface area contributed by atoms with E-state index < -0.39 is 12.1 Å². The summed E-state index contributed by atoms with van der Waals surface area (Å²) in [5.41, 5.74) is 0.435. The molecule has 1 aromatic carbocycles. The molecule has 1 unspecified atom stereocenters. The molecule has 0 spiro atoms. The fourth-order valence-electron chi connectivity index (χ4n) is 1.60. The van der Waals surface area contributed by atoms with E-state index in [-0.39, 0.29) is 6.54 Å². The number of urea groups is 1. The molecule has 0 bridgehead atoms. The van der Waals surface area contributed by atoms with Gasteiger partial charge in [0, 0.05) is 6.54 Å². The van der Waals surface area contributed by atoms with E-state index in [0.29, 0.717) is 28.1 Å². The summed E-state index contributed by atoms with van der Waals surface area (Å²) in [6.07, 6.45) is 0.0821. The van der Waals surface area contributed by atoms with Crippen molar-refractivity contribution >= 4 is 34.9 Å². The highest BCUT2D eigenvalue weighted by Crippen LogP contribution is 2.29. The van der Waals surface area contributed by atoms with Crippen LogP contribution in [0.15, 0.2) is 18.2 Å². The Morgan fingerprint density at radius 3 is 2.68 bits per heavy atom. The number of carbonyl (C=O) groups excluding carboxylic acids is 1. The molecule has 0 fully saturated rings. The molecule has 0 saturated carbocycles. The molecule has 3 N–H and O–H groups in total. The van der Waals surface area contributed by atoms with Crippen LogP contribution in [-0.4, -0.2) is 23.8 Å². The molecule has 0 aromatic heterocycles. The van der Waals surface area contributed by atoms with Crippen LogP contribution in [0, 0.1) is 5.92 Å². The molecular formula is C13H18Cl2N2O2. The summed E-state index contributed by atoms with van der Waals surface area (Å²) in [7, 11) is 0. The van der Waals surface area contributed by atoms with Gasteiger partial charge < -0.3 is 15.7 Å². The summed E-state index contributed by atoms with van der Waals surface area (Å²) in [4.78, 5) is 11.6. The standard InChI is InChI=1S/C13H18Cl2N2O2/c1-8(2)6-9(18)7-16-13(19)17-11-5-3-4-10(14)12(11)15/h3-5,8-9,18H,6-7H2,1-2H3,(H2,16,17,19). The van der Waals surface area contributed by atoms with Gasteiger partial charge in [-0.1, -0.05) is 43.1 Å². The molecule has 1 aromatic rings. The van der Waals surface area contributed by atoms with E-state index in [0.717, 1.165) is 0 Å².